The summed E-state index contributed by atoms with van der Waals surface area (Å²) in [7, 11) is 0. The predicted octanol–water partition coefficient (Wildman–Crippen LogP) is 2.72. The van der Waals surface area contributed by atoms with Crippen LogP contribution in [0.5, 0.6) is 5.75 Å². The van der Waals surface area contributed by atoms with Crippen LogP contribution in [0.3, 0.4) is 0 Å². The molecule has 0 amide bonds. The fraction of sp³-hybridized carbons (Fsp3) is 0.500. The van der Waals surface area contributed by atoms with E-state index in [-0.39, 0.29) is 0 Å². The van der Waals surface area contributed by atoms with Crippen LogP contribution in [0, 0.1) is 13.8 Å². The van der Waals surface area contributed by atoms with Crippen molar-refractivity contribution in [3.63, 3.8) is 0 Å². The number of rotatable bonds is 5. The third kappa shape index (κ3) is 3.38. The van der Waals surface area contributed by atoms with E-state index < -0.39 is 0 Å². The lowest BCUT2D eigenvalue weighted by Gasteiger charge is -2.09. The van der Waals surface area contributed by atoms with Crippen molar-refractivity contribution in [2.24, 2.45) is 0 Å². The molecule has 0 saturated carbocycles. The van der Waals surface area contributed by atoms with Gasteiger partial charge in [0.2, 0.25) is 0 Å². The van der Waals surface area contributed by atoms with Gasteiger partial charge in [0.15, 0.2) is 0 Å². The van der Waals surface area contributed by atoms with Crippen molar-refractivity contribution < 1.29 is 9.47 Å². The van der Waals surface area contributed by atoms with Crippen molar-refractivity contribution in [2.45, 2.75) is 20.8 Å². The summed E-state index contributed by atoms with van der Waals surface area (Å²) in [6.45, 7) is 8.15. The van der Waals surface area contributed by atoms with Crippen LogP contribution in [-0.2, 0) is 4.74 Å². The van der Waals surface area contributed by atoms with Crippen LogP contribution in [0.15, 0.2) is 18.2 Å². The van der Waals surface area contributed by atoms with Gasteiger partial charge in [0.25, 0.3) is 0 Å². The lowest BCUT2D eigenvalue weighted by atomic mass is 10.1. The number of aryl methyl sites for hydroxylation is 2. The van der Waals surface area contributed by atoms with Gasteiger partial charge < -0.3 is 9.47 Å². The molecule has 0 fully saturated rings. The van der Waals surface area contributed by atoms with E-state index in [0.29, 0.717) is 13.2 Å². The molecule has 0 aliphatic carbocycles. The van der Waals surface area contributed by atoms with Crippen molar-refractivity contribution in [1.29, 1.82) is 0 Å². The lowest BCUT2D eigenvalue weighted by molar-refractivity contribution is 0.110. The number of benzene rings is 1. The summed E-state index contributed by atoms with van der Waals surface area (Å²) < 4.78 is 10.8. The summed E-state index contributed by atoms with van der Waals surface area (Å²) in [5.74, 6) is 0.954. The van der Waals surface area contributed by atoms with Crippen molar-refractivity contribution in [2.75, 3.05) is 19.8 Å². The SMILES string of the molecule is CCOCCOc1ccc(C)cc1C. The molecule has 0 aromatic heterocycles. The van der Waals surface area contributed by atoms with Gasteiger partial charge in [0.05, 0.1) is 6.61 Å². The van der Waals surface area contributed by atoms with E-state index >= 15 is 0 Å². The Bertz CT molecular complexity index is 282. The molecule has 0 aliphatic heterocycles. The predicted molar refractivity (Wildman–Crippen MR) is 57.9 cm³/mol. The van der Waals surface area contributed by atoms with Gasteiger partial charge in [-0.3, -0.25) is 0 Å². The Kier molecular flexibility index (Phi) is 4.47. The van der Waals surface area contributed by atoms with E-state index in [1.165, 1.54) is 11.1 Å². The second kappa shape index (κ2) is 5.66. The van der Waals surface area contributed by atoms with Crippen LogP contribution in [0.2, 0.25) is 0 Å². The first-order valence-corrected chi connectivity index (χ1v) is 5.02. The Morgan fingerprint density at radius 1 is 1.14 bits per heavy atom. The Balaban J connectivity index is 2.42. The lowest BCUT2D eigenvalue weighted by Crippen LogP contribution is -2.06. The molecule has 0 heterocycles. The molecule has 1 aromatic carbocycles. The van der Waals surface area contributed by atoms with E-state index in [2.05, 4.69) is 26.0 Å². The standard InChI is InChI=1S/C12H18O2/c1-4-13-7-8-14-12-6-5-10(2)9-11(12)3/h5-6,9H,4,7-8H2,1-3H3. The molecule has 0 N–H and O–H groups in total. The van der Waals surface area contributed by atoms with Crippen molar-refractivity contribution in [3.8, 4) is 5.75 Å². The minimum absolute atomic E-state index is 0.623. The van der Waals surface area contributed by atoms with E-state index in [9.17, 15) is 0 Å². The molecule has 2 heteroatoms. The highest BCUT2D eigenvalue weighted by molar-refractivity contribution is 5.35. The minimum Gasteiger partial charge on any atom is -0.491 e. The quantitative estimate of drug-likeness (QED) is 0.671. The Morgan fingerprint density at radius 3 is 2.57 bits per heavy atom. The van der Waals surface area contributed by atoms with Crippen LogP contribution in [-0.4, -0.2) is 19.8 Å². The fourth-order valence-electron chi connectivity index (χ4n) is 1.32. The first-order chi connectivity index (χ1) is 6.74. The molecule has 0 aliphatic rings. The maximum absolute atomic E-state index is 5.57. The van der Waals surface area contributed by atoms with Gasteiger partial charge in [-0.1, -0.05) is 17.7 Å². The molecule has 0 unspecified atom stereocenters. The van der Waals surface area contributed by atoms with Crippen LogP contribution in [0.25, 0.3) is 0 Å². The highest BCUT2D eigenvalue weighted by atomic mass is 16.5. The second-order valence-corrected chi connectivity index (χ2v) is 3.31. The first kappa shape index (κ1) is 11.1. The van der Waals surface area contributed by atoms with E-state index in [4.69, 9.17) is 9.47 Å². The van der Waals surface area contributed by atoms with E-state index in [0.717, 1.165) is 12.4 Å². The maximum Gasteiger partial charge on any atom is 0.122 e. The average molecular weight is 194 g/mol. The monoisotopic (exact) mass is 194 g/mol. The fourth-order valence-corrected chi connectivity index (χ4v) is 1.32. The van der Waals surface area contributed by atoms with Gasteiger partial charge in [-0.25, -0.2) is 0 Å². The summed E-state index contributed by atoms with van der Waals surface area (Å²) >= 11 is 0. The smallest absolute Gasteiger partial charge is 0.122 e. The Hall–Kier alpha value is -1.02. The summed E-state index contributed by atoms with van der Waals surface area (Å²) in [5, 5.41) is 0. The third-order valence-corrected chi connectivity index (χ3v) is 2.02. The first-order valence-electron chi connectivity index (χ1n) is 5.02. The van der Waals surface area contributed by atoms with Crippen LogP contribution >= 0.6 is 0 Å². The Morgan fingerprint density at radius 2 is 1.93 bits per heavy atom. The van der Waals surface area contributed by atoms with Crippen molar-refractivity contribution in [3.05, 3.63) is 29.3 Å². The van der Waals surface area contributed by atoms with Gasteiger partial charge >= 0.3 is 0 Å². The molecule has 78 valence electrons. The van der Waals surface area contributed by atoms with Crippen LogP contribution in [0.1, 0.15) is 18.1 Å². The molecule has 0 saturated heterocycles. The van der Waals surface area contributed by atoms with Gasteiger partial charge in [0, 0.05) is 6.61 Å². The number of hydrogen-bond donors (Lipinski definition) is 0. The van der Waals surface area contributed by atoms with Crippen LogP contribution in [0.4, 0.5) is 0 Å². The van der Waals surface area contributed by atoms with E-state index in [1.54, 1.807) is 0 Å². The third-order valence-electron chi connectivity index (χ3n) is 2.02. The van der Waals surface area contributed by atoms with Gasteiger partial charge in [-0.15, -0.1) is 0 Å². The molecule has 0 bridgehead atoms. The number of hydrogen-bond acceptors (Lipinski definition) is 2. The second-order valence-electron chi connectivity index (χ2n) is 3.31. The van der Waals surface area contributed by atoms with Crippen molar-refractivity contribution in [1.82, 2.24) is 0 Å². The topological polar surface area (TPSA) is 18.5 Å². The molecule has 1 aromatic rings. The summed E-state index contributed by atoms with van der Waals surface area (Å²) in [6, 6.07) is 6.19. The van der Waals surface area contributed by atoms with Gasteiger partial charge in [-0.05, 0) is 32.4 Å². The zero-order valence-electron chi connectivity index (χ0n) is 9.17. The van der Waals surface area contributed by atoms with Gasteiger partial charge in [-0.2, -0.15) is 0 Å². The molecule has 0 atom stereocenters. The molecular weight excluding hydrogens is 176 g/mol. The normalized spacial score (nSPS) is 10.2. The molecule has 14 heavy (non-hydrogen) atoms. The molecular formula is C12H18O2. The molecule has 0 radical (unpaired) electrons. The largest absolute Gasteiger partial charge is 0.491 e. The highest BCUT2D eigenvalue weighted by Crippen LogP contribution is 2.18. The van der Waals surface area contributed by atoms with E-state index in [1.807, 2.05) is 13.0 Å². The zero-order valence-corrected chi connectivity index (χ0v) is 9.17. The summed E-state index contributed by atoms with van der Waals surface area (Å²) in [4.78, 5) is 0. The summed E-state index contributed by atoms with van der Waals surface area (Å²) in [6.07, 6.45) is 0. The van der Waals surface area contributed by atoms with Crippen LogP contribution < -0.4 is 4.74 Å². The zero-order chi connectivity index (χ0) is 10.4. The highest BCUT2D eigenvalue weighted by Gasteiger charge is 1.98. The van der Waals surface area contributed by atoms with Gasteiger partial charge in [0.1, 0.15) is 12.4 Å². The maximum atomic E-state index is 5.57. The molecule has 1 rings (SSSR count). The van der Waals surface area contributed by atoms with Crippen molar-refractivity contribution >= 4 is 0 Å². The Labute approximate surface area is 85.8 Å². The summed E-state index contributed by atoms with van der Waals surface area (Å²) in [5.41, 5.74) is 2.45. The molecule has 2 nitrogen and oxygen atoms in total. The molecule has 0 spiro atoms. The number of ether oxygens (including phenoxy) is 2. The minimum atomic E-state index is 0.623. The average Bonchev–Trinajstić information content (AvgIpc) is 2.15.